The molecule has 4 aromatic rings. The van der Waals surface area contributed by atoms with E-state index in [1.54, 1.807) is 35.2 Å². The number of nitrogens with zero attached hydrogens (tertiary/aromatic N) is 5. The van der Waals surface area contributed by atoms with Crippen molar-refractivity contribution in [3.05, 3.63) is 66.6 Å². The van der Waals surface area contributed by atoms with Crippen LogP contribution in [0.25, 0.3) is 5.69 Å². The van der Waals surface area contributed by atoms with Crippen LogP contribution in [0.1, 0.15) is 18.6 Å². The van der Waals surface area contributed by atoms with Crippen LogP contribution in [0.2, 0.25) is 0 Å². The van der Waals surface area contributed by atoms with Gasteiger partial charge in [-0.25, -0.2) is 0 Å². The zero-order valence-electron chi connectivity index (χ0n) is 18.4. The number of rotatable bonds is 9. The third kappa shape index (κ3) is 5.78. The standard InChI is InChI=1S/C22H21N7O4S/c1-14(30)24-15-6-5-7-16(10-15)29-13-23-27-22(29)34-12-21-26-19(28-33-21)11-20(31)25-17-8-3-4-9-18(17)32-2/h3-10,13H,11-12H2,1-2H3,(H,24,30)(H,25,31). The Labute approximate surface area is 198 Å². The highest BCUT2D eigenvalue weighted by Gasteiger charge is 2.15. The maximum atomic E-state index is 12.4. The third-order valence-corrected chi connectivity index (χ3v) is 5.42. The van der Waals surface area contributed by atoms with Crippen LogP contribution >= 0.6 is 11.8 Å². The minimum Gasteiger partial charge on any atom is -0.495 e. The molecule has 0 saturated carbocycles. The molecule has 2 heterocycles. The van der Waals surface area contributed by atoms with Crippen LogP contribution in [0.15, 0.2) is 64.5 Å². The van der Waals surface area contributed by atoms with Crippen LogP contribution in [0.3, 0.4) is 0 Å². The first-order valence-corrected chi connectivity index (χ1v) is 11.2. The van der Waals surface area contributed by atoms with Crippen molar-refractivity contribution in [2.45, 2.75) is 24.3 Å². The molecule has 0 aliphatic carbocycles. The van der Waals surface area contributed by atoms with Crippen LogP contribution in [0.5, 0.6) is 5.75 Å². The lowest BCUT2D eigenvalue weighted by Gasteiger charge is -2.08. The highest BCUT2D eigenvalue weighted by atomic mass is 32.2. The Morgan fingerprint density at radius 2 is 2.00 bits per heavy atom. The molecule has 2 aromatic heterocycles. The fourth-order valence-corrected chi connectivity index (χ4v) is 3.84. The van der Waals surface area contributed by atoms with E-state index in [9.17, 15) is 9.59 Å². The Bertz CT molecular complexity index is 1300. The summed E-state index contributed by atoms with van der Waals surface area (Å²) in [5.74, 6) is 1.08. The molecule has 12 heteroatoms. The van der Waals surface area contributed by atoms with Gasteiger partial charge in [0.15, 0.2) is 11.0 Å². The second-order valence-electron chi connectivity index (χ2n) is 7.03. The number of benzene rings is 2. The molecule has 0 aliphatic rings. The Kier molecular flexibility index (Phi) is 7.18. The topological polar surface area (TPSA) is 137 Å². The molecule has 2 N–H and O–H groups in total. The average molecular weight is 480 g/mol. The van der Waals surface area contributed by atoms with E-state index in [-0.39, 0.29) is 24.1 Å². The molecule has 34 heavy (non-hydrogen) atoms. The van der Waals surface area contributed by atoms with Crippen LogP contribution in [0, 0.1) is 0 Å². The molecular formula is C22H21N7O4S. The number of hydrogen-bond donors (Lipinski definition) is 2. The van der Waals surface area contributed by atoms with Gasteiger partial charge in [0, 0.05) is 12.6 Å². The monoisotopic (exact) mass is 479 g/mol. The molecule has 4 rings (SSSR count). The summed E-state index contributed by atoms with van der Waals surface area (Å²) in [4.78, 5) is 28.0. The zero-order valence-corrected chi connectivity index (χ0v) is 19.2. The second kappa shape index (κ2) is 10.6. The van der Waals surface area contributed by atoms with Crippen LogP contribution in [0.4, 0.5) is 11.4 Å². The summed E-state index contributed by atoms with van der Waals surface area (Å²) in [6.45, 7) is 1.45. The van der Waals surface area contributed by atoms with E-state index in [4.69, 9.17) is 9.26 Å². The molecule has 0 atom stereocenters. The minimum atomic E-state index is -0.289. The summed E-state index contributed by atoms with van der Waals surface area (Å²) in [5, 5.41) is 18.1. The van der Waals surface area contributed by atoms with Crippen molar-refractivity contribution in [3.8, 4) is 11.4 Å². The molecule has 0 unspecified atom stereocenters. The molecular weight excluding hydrogens is 458 g/mol. The number of amides is 2. The van der Waals surface area contributed by atoms with Gasteiger partial charge < -0.3 is 19.9 Å². The number of hydrogen-bond acceptors (Lipinski definition) is 9. The van der Waals surface area contributed by atoms with Gasteiger partial charge in [-0.3, -0.25) is 14.2 Å². The fraction of sp³-hybridized carbons (Fsp3) is 0.182. The van der Waals surface area contributed by atoms with Crippen molar-refractivity contribution in [2.75, 3.05) is 17.7 Å². The van der Waals surface area contributed by atoms with Crippen LogP contribution in [-0.4, -0.2) is 43.8 Å². The average Bonchev–Trinajstić information content (AvgIpc) is 3.47. The van der Waals surface area contributed by atoms with Gasteiger partial charge >= 0.3 is 0 Å². The molecule has 2 amide bonds. The number of ether oxygens (including phenoxy) is 1. The molecule has 2 aromatic carbocycles. The Balaban J connectivity index is 1.36. The second-order valence-corrected chi connectivity index (χ2v) is 7.98. The molecule has 0 aliphatic heterocycles. The first-order valence-electron chi connectivity index (χ1n) is 10.2. The maximum Gasteiger partial charge on any atom is 0.237 e. The first kappa shape index (κ1) is 23.0. The Hall–Kier alpha value is -4.19. The number of carbonyl (C=O) groups excluding carboxylic acids is 2. The normalized spacial score (nSPS) is 10.6. The molecule has 11 nitrogen and oxygen atoms in total. The Morgan fingerprint density at radius 1 is 1.15 bits per heavy atom. The van der Waals surface area contributed by atoms with Crippen molar-refractivity contribution in [3.63, 3.8) is 0 Å². The smallest absolute Gasteiger partial charge is 0.237 e. The summed E-state index contributed by atoms with van der Waals surface area (Å²) < 4.78 is 12.3. The van der Waals surface area contributed by atoms with Crippen molar-refractivity contribution in [2.24, 2.45) is 0 Å². The third-order valence-electron chi connectivity index (χ3n) is 4.50. The van der Waals surface area contributed by atoms with Gasteiger partial charge in [-0.05, 0) is 30.3 Å². The zero-order chi connectivity index (χ0) is 23.9. The lowest BCUT2D eigenvalue weighted by Crippen LogP contribution is -2.15. The van der Waals surface area contributed by atoms with Crippen LogP contribution in [-0.2, 0) is 21.8 Å². The van der Waals surface area contributed by atoms with Crippen LogP contribution < -0.4 is 15.4 Å². The van der Waals surface area contributed by atoms with Gasteiger partial charge in [0.2, 0.25) is 17.7 Å². The van der Waals surface area contributed by atoms with E-state index in [2.05, 4.69) is 31.0 Å². The molecule has 0 spiro atoms. The molecule has 0 saturated heterocycles. The number of nitrogens with one attached hydrogen (secondary N) is 2. The molecule has 174 valence electrons. The lowest BCUT2D eigenvalue weighted by atomic mass is 10.2. The van der Waals surface area contributed by atoms with E-state index in [0.29, 0.717) is 33.9 Å². The number of carbonyl (C=O) groups is 2. The quantitative estimate of drug-likeness (QED) is 0.347. The van der Waals surface area contributed by atoms with Crippen molar-refractivity contribution in [1.82, 2.24) is 24.9 Å². The van der Waals surface area contributed by atoms with Gasteiger partial charge in [-0.2, -0.15) is 4.98 Å². The van der Waals surface area contributed by atoms with Gasteiger partial charge in [0.25, 0.3) is 0 Å². The van der Waals surface area contributed by atoms with Crippen molar-refractivity contribution < 1.29 is 18.8 Å². The highest BCUT2D eigenvalue weighted by Crippen LogP contribution is 2.25. The number of aromatic nitrogens is 5. The maximum absolute atomic E-state index is 12.4. The van der Waals surface area contributed by atoms with E-state index in [1.165, 1.54) is 25.8 Å². The number of para-hydroxylation sites is 2. The van der Waals surface area contributed by atoms with Crippen molar-refractivity contribution >= 4 is 35.0 Å². The highest BCUT2D eigenvalue weighted by molar-refractivity contribution is 7.98. The first-order chi connectivity index (χ1) is 16.5. The van der Waals surface area contributed by atoms with Gasteiger partial charge in [0.05, 0.1) is 30.7 Å². The Morgan fingerprint density at radius 3 is 2.82 bits per heavy atom. The van der Waals surface area contributed by atoms with Gasteiger partial charge in [-0.15, -0.1) is 10.2 Å². The summed E-state index contributed by atoms with van der Waals surface area (Å²) in [5.41, 5.74) is 2.02. The van der Waals surface area contributed by atoms with Gasteiger partial charge in [0.1, 0.15) is 12.1 Å². The largest absolute Gasteiger partial charge is 0.495 e. The lowest BCUT2D eigenvalue weighted by molar-refractivity contribution is -0.116. The number of anilines is 2. The number of thioether (sulfide) groups is 1. The number of methoxy groups -OCH3 is 1. The fourth-order valence-electron chi connectivity index (χ4n) is 3.07. The minimum absolute atomic E-state index is 0.0433. The predicted octanol–water partition coefficient (Wildman–Crippen LogP) is 3.09. The predicted molar refractivity (Wildman–Crippen MR) is 125 cm³/mol. The summed E-state index contributed by atoms with van der Waals surface area (Å²) in [6, 6.07) is 14.4. The van der Waals surface area contributed by atoms with Crippen molar-refractivity contribution in [1.29, 1.82) is 0 Å². The molecule has 0 fully saturated rings. The summed E-state index contributed by atoms with van der Waals surface area (Å²) >= 11 is 1.35. The van der Waals surface area contributed by atoms with E-state index in [0.717, 1.165) is 5.69 Å². The van der Waals surface area contributed by atoms with E-state index >= 15 is 0 Å². The summed E-state index contributed by atoms with van der Waals surface area (Å²) in [7, 11) is 1.54. The molecule has 0 bridgehead atoms. The summed E-state index contributed by atoms with van der Waals surface area (Å²) in [6.07, 6.45) is 1.54. The SMILES string of the molecule is COc1ccccc1NC(=O)Cc1noc(CSc2nncn2-c2cccc(NC(C)=O)c2)n1. The van der Waals surface area contributed by atoms with E-state index in [1.807, 2.05) is 24.3 Å². The van der Waals surface area contributed by atoms with E-state index < -0.39 is 0 Å². The molecule has 0 radical (unpaired) electrons. The van der Waals surface area contributed by atoms with Gasteiger partial charge in [-0.1, -0.05) is 35.1 Å².